The molecule has 0 saturated carbocycles. The number of H-pyrrole nitrogens is 1. The summed E-state index contributed by atoms with van der Waals surface area (Å²) >= 11 is 0. The molecule has 6 heterocycles. The van der Waals surface area contributed by atoms with Crippen molar-refractivity contribution in [1.29, 1.82) is 0 Å². The summed E-state index contributed by atoms with van der Waals surface area (Å²) in [5.74, 6) is 1.07. The summed E-state index contributed by atoms with van der Waals surface area (Å²) in [6, 6.07) is 8.14. The monoisotopic (exact) mass is 512 g/mol. The van der Waals surface area contributed by atoms with Gasteiger partial charge < -0.3 is 15.6 Å². The third kappa shape index (κ3) is 5.49. The number of amides is 1. The SMILES string of the molecule is CN1CCC[C@@H]1c1cc2cnc(NC(=O)c3ccc(-c4cnn(CCCC5CCNCC5)c4)cn3)cc2[nH]1. The first-order valence-electron chi connectivity index (χ1n) is 13.8. The fourth-order valence-corrected chi connectivity index (χ4v) is 5.83. The number of fused-ring (bicyclic) bond motifs is 1. The highest BCUT2D eigenvalue weighted by molar-refractivity contribution is 6.03. The normalized spacial score (nSPS) is 18.8. The van der Waals surface area contributed by atoms with E-state index in [1.807, 2.05) is 23.0 Å². The number of likely N-dealkylation sites (tertiary alicyclic amines) is 1. The van der Waals surface area contributed by atoms with Gasteiger partial charge in [-0.15, -0.1) is 0 Å². The second-order valence-electron chi connectivity index (χ2n) is 10.7. The van der Waals surface area contributed by atoms with Crippen LogP contribution >= 0.6 is 0 Å². The van der Waals surface area contributed by atoms with E-state index in [1.165, 1.54) is 31.4 Å². The first-order valence-corrected chi connectivity index (χ1v) is 13.8. The molecule has 0 aliphatic carbocycles. The van der Waals surface area contributed by atoms with Crippen LogP contribution in [0.2, 0.25) is 0 Å². The van der Waals surface area contributed by atoms with E-state index >= 15 is 0 Å². The van der Waals surface area contributed by atoms with Crippen LogP contribution in [0.15, 0.2) is 49.1 Å². The first-order chi connectivity index (χ1) is 18.6. The highest BCUT2D eigenvalue weighted by Crippen LogP contribution is 2.32. The Morgan fingerprint density at radius 1 is 1.08 bits per heavy atom. The Morgan fingerprint density at radius 3 is 2.76 bits per heavy atom. The van der Waals surface area contributed by atoms with Gasteiger partial charge in [-0.2, -0.15) is 5.10 Å². The Labute approximate surface area is 223 Å². The van der Waals surface area contributed by atoms with Crippen LogP contribution in [0.1, 0.15) is 60.7 Å². The molecule has 0 bridgehead atoms. The molecule has 198 valence electrons. The second kappa shape index (κ2) is 11.0. The van der Waals surface area contributed by atoms with Crippen LogP contribution in [0.3, 0.4) is 0 Å². The molecule has 0 spiro atoms. The number of aryl methyl sites for hydroxylation is 1. The highest BCUT2D eigenvalue weighted by Gasteiger charge is 2.24. The van der Waals surface area contributed by atoms with Gasteiger partial charge in [-0.1, -0.05) is 6.07 Å². The van der Waals surface area contributed by atoms with Crippen molar-refractivity contribution in [1.82, 2.24) is 34.9 Å². The molecule has 3 N–H and O–H groups in total. The number of pyridine rings is 2. The van der Waals surface area contributed by atoms with Gasteiger partial charge in [-0.05, 0) is 83.3 Å². The summed E-state index contributed by atoms with van der Waals surface area (Å²) in [6.45, 7) is 4.34. The van der Waals surface area contributed by atoms with Crippen LogP contribution in [0.25, 0.3) is 22.0 Å². The van der Waals surface area contributed by atoms with Crippen LogP contribution in [0.4, 0.5) is 5.82 Å². The largest absolute Gasteiger partial charge is 0.357 e. The summed E-state index contributed by atoms with van der Waals surface area (Å²) in [7, 11) is 2.16. The Balaban J connectivity index is 1.06. The number of piperidine rings is 1. The Kier molecular flexibility index (Phi) is 7.20. The minimum absolute atomic E-state index is 0.278. The third-order valence-corrected chi connectivity index (χ3v) is 8.07. The van der Waals surface area contributed by atoms with Crippen molar-refractivity contribution in [2.45, 2.75) is 51.1 Å². The van der Waals surface area contributed by atoms with Gasteiger partial charge in [0, 0.05) is 59.5 Å². The number of carbonyl (C=O) groups is 1. The van der Waals surface area contributed by atoms with Crippen LogP contribution in [0.5, 0.6) is 0 Å². The highest BCUT2D eigenvalue weighted by atomic mass is 16.1. The smallest absolute Gasteiger partial charge is 0.275 e. The molecule has 1 amide bonds. The van der Waals surface area contributed by atoms with Crippen LogP contribution in [-0.4, -0.2) is 62.2 Å². The van der Waals surface area contributed by atoms with E-state index in [9.17, 15) is 4.79 Å². The van der Waals surface area contributed by atoms with Gasteiger partial charge in [-0.25, -0.2) is 4.98 Å². The predicted molar refractivity (Wildman–Crippen MR) is 149 cm³/mol. The molecule has 1 atom stereocenters. The molecular formula is C29H36N8O. The number of aromatic nitrogens is 5. The minimum atomic E-state index is -0.278. The van der Waals surface area contributed by atoms with Gasteiger partial charge in [0.1, 0.15) is 11.5 Å². The molecule has 0 aromatic carbocycles. The summed E-state index contributed by atoms with van der Waals surface area (Å²) in [4.78, 5) is 27.6. The lowest BCUT2D eigenvalue weighted by Crippen LogP contribution is -2.27. The number of hydrogen-bond donors (Lipinski definition) is 3. The van der Waals surface area contributed by atoms with Gasteiger partial charge in [0.2, 0.25) is 0 Å². The number of aromatic amines is 1. The molecule has 0 unspecified atom stereocenters. The second-order valence-corrected chi connectivity index (χ2v) is 10.7. The molecular weight excluding hydrogens is 476 g/mol. The summed E-state index contributed by atoms with van der Waals surface area (Å²) in [5, 5.41) is 11.9. The van der Waals surface area contributed by atoms with E-state index in [-0.39, 0.29) is 5.91 Å². The number of nitrogens with one attached hydrogen (secondary N) is 3. The van der Waals surface area contributed by atoms with Gasteiger partial charge in [0.05, 0.1) is 11.7 Å². The number of anilines is 1. The quantitative estimate of drug-likeness (QED) is 0.318. The van der Waals surface area contributed by atoms with Gasteiger partial charge in [0.15, 0.2) is 0 Å². The fourth-order valence-electron chi connectivity index (χ4n) is 5.83. The summed E-state index contributed by atoms with van der Waals surface area (Å²) < 4.78 is 2.01. The predicted octanol–water partition coefficient (Wildman–Crippen LogP) is 4.62. The maximum atomic E-state index is 12.9. The Morgan fingerprint density at radius 2 is 1.97 bits per heavy atom. The van der Waals surface area contributed by atoms with Crippen molar-refractivity contribution in [3.05, 3.63) is 60.4 Å². The maximum Gasteiger partial charge on any atom is 0.275 e. The number of carbonyl (C=O) groups excluding carboxylic acids is 1. The van der Waals surface area contributed by atoms with Crippen molar-refractivity contribution in [3.8, 4) is 11.1 Å². The molecule has 0 radical (unpaired) electrons. The van der Waals surface area contributed by atoms with E-state index in [0.29, 0.717) is 17.6 Å². The molecule has 6 rings (SSSR count). The lowest BCUT2D eigenvalue weighted by Gasteiger charge is -2.22. The van der Waals surface area contributed by atoms with Crippen molar-refractivity contribution in [2.75, 3.05) is 32.0 Å². The lowest BCUT2D eigenvalue weighted by molar-refractivity contribution is 0.102. The Hall–Kier alpha value is -3.56. The van der Waals surface area contributed by atoms with E-state index in [1.54, 1.807) is 18.5 Å². The lowest BCUT2D eigenvalue weighted by atomic mass is 9.93. The number of nitrogens with zero attached hydrogens (tertiary/aromatic N) is 5. The summed E-state index contributed by atoms with van der Waals surface area (Å²) in [6.07, 6.45) is 14.8. The average molecular weight is 513 g/mol. The van der Waals surface area contributed by atoms with Crippen LogP contribution < -0.4 is 10.6 Å². The molecule has 2 aliphatic rings. The van der Waals surface area contributed by atoms with E-state index in [2.05, 4.69) is 54.9 Å². The molecule has 9 nitrogen and oxygen atoms in total. The Bertz CT molecular complexity index is 1390. The van der Waals surface area contributed by atoms with E-state index < -0.39 is 0 Å². The number of rotatable bonds is 8. The minimum Gasteiger partial charge on any atom is -0.357 e. The molecule has 9 heteroatoms. The van der Waals surface area contributed by atoms with Crippen molar-refractivity contribution in [3.63, 3.8) is 0 Å². The summed E-state index contributed by atoms with van der Waals surface area (Å²) in [5.41, 5.74) is 4.48. The zero-order valence-electron chi connectivity index (χ0n) is 22.0. The zero-order chi connectivity index (χ0) is 25.9. The molecule has 4 aromatic rings. The van der Waals surface area contributed by atoms with E-state index in [0.717, 1.165) is 67.0 Å². The first kappa shape index (κ1) is 24.8. The van der Waals surface area contributed by atoms with Crippen molar-refractivity contribution >= 4 is 22.6 Å². The van der Waals surface area contributed by atoms with Gasteiger partial charge in [0.25, 0.3) is 5.91 Å². The molecule has 2 fully saturated rings. The van der Waals surface area contributed by atoms with Crippen molar-refractivity contribution < 1.29 is 4.79 Å². The average Bonchev–Trinajstić information content (AvgIpc) is 3.69. The third-order valence-electron chi connectivity index (χ3n) is 8.07. The zero-order valence-corrected chi connectivity index (χ0v) is 22.0. The molecule has 4 aromatic heterocycles. The van der Waals surface area contributed by atoms with Crippen molar-refractivity contribution in [2.24, 2.45) is 5.92 Å². The molecule has 2 aliphatic heterocycles. The molecule has 2 saturated heterocycles. The number of hydrogen-bond acceptors (Lipinski definition) is 6. The fraction of sp³-hybridized carbons (Fsp3) is 0.448. The maximum absolute atomic E-state index is 12.9. The van der Waals surface area contributed by atoms with Gasteiger partial charge >= 0.3 is 0 Å². The van der Waals surface area contributed by atoms with Crippen LogP contribution in [0, 0.1) is 5.92 Å². The molecule has 38 heavy (non-hydrogen) atoms. The van der Waals surface area contributed by atoms with E-state index in [4.69, 9.17) is 0 Å². The van der Waals surface area contributed by atoms with Crippen LogP contribution in [-0.2, 0) is 6.54 Å². The van der Waals surface area contributed by atoms with Gasteiger partial charge in [-0.3, -0.25) is 19.4 Å². The topological polar surface area (TPSA) is 104 Å². The standard InChI is InChI=1S/C29H36N8O/c1-36-12-3-5-27(36)26-14-22-17-32-28(15-25(22)34-26)35-29(38)24-7-6-21(16-31-24)23-18-33-37(19-23)13-2-4-20-8-10-30-11-9-20/h6-7,14-20,27,30,34H,2-5,8-13H2,1H3,(H,32,35,38)/t27-/m1/s1.